The van der Waals surface area contributed by atoms with Crippen molar-refractivity contribution < 1.29 is 13.5 Å². The van der Waals surface area contributed by atoms with Crippen molar-refractivity contribution in [2.45, 2.75) is 38.4 Å². The predicted molar refractivity (Wildman–Crippen MR) is 63.9 cm³/mol. The summed E-state index contributed by atoms with van der Waals surface area (Å²) in [6.45, 7) is 6.21. The van der Waals surface area contributed by atoms with Crippen LogP contribution >= 0.6 is 0 Å². The van der Waals surface area contributed by atoms with Crippen LogP contribution in [-0.2, 0) is 16.6 Å². The summed E-state index contributed by atoms with van der Waals surface area (Å²) in [5, 5.41) is 9.52. The number of sulfonamides is 1. The highest BCUT2D eigenvalue weighted by Gasteiger charge is 2.19. The number of nitrogens with one attached hydrogen (secondary N) is 1. The van der Waals surface area contributed by atoms with Gasteiger partial charge in [-0.2, -0.15) is 0 Å². The molecule has 17 heavy (non-hydrogen) atoms. The van der Waals surface area contributed by atoms with Crippen molar-refractivity contribution in [3.05, 3.63) is 12.5 Å². The van der Waals surface area contributed by atoms with E-state index in [4.69, 9.17) is 0 Å². The lowest BCUT2D eigenvalue weighted by molar-refractivity contribution is 0.129. The summed E-state index contributed by atoms with van der Waals surface area (Å²) in [4.78, 5) is 3.81. The normalized spacial score (nSPS) is 14.2. The molecule has 2 N–H and O–H groups in total. The second-order valence-corrected chi connectivity index (χ2v) is 5.92. The number of aliphatic hydroxyl groups is 1. The molecule has 0 bridgehead atoms. The lowest BCUT2D eigenvalue weighted by Crippen LogP contribution is -2.34. The second kappa shape index (κ2) is 5.61. The van der Waals surface area contributed by atoms with Gasteiger partial charge in [0.05, 0.1) is 12.4 Å². The average Bonchev–Trinajstić information content (AvgIpc) is 2.75. The lowest BCUT2D eigenvalue weighted by atomic mass is 10.1. The van der Waals surface area contributed by atoms with E-state index in [9.17, 15) is 13.5 Å². The van der Waals surface area contributed by atoms with Crippen LogP contribution in [-0.4, -0.2) is 35.7 Å². The van der Waals surface area contributed by atoms with E-state index in [1.165, 1.54) is 12.5 Å². The van der Waals surface area contributed by atoms with Crippen molar-refractivity contribution in [3.8, 4) is 0 Å². The molecule has 0 spiro atoms. The quantitative estimate of drug-likeness (QED) is 0.766. The van der Waals surface area contributed by atoms with Crippen molar-refractivity contribution in [1.29, 1.82) is 0 Å². The van der Waals surface area contributed by atoms with E-state index < -0.39 is 16.1 Å². The zero-order chi connectivity index (χ0) is 13.1. The van der Waals surface area contributed by atoms with Gasteiger partial charge in [0, 0.05) is 19.3 Å². The first-order valence-corrected chi connectivity index (χ1v) is 7.04. The molecule has 0 fully saturated rings. The molecule has 1 aromatic heterocycles. The van der Waals surface area contributed by atoms with E-state index in [1.807, 2.05) is 20.8 Å². The first-order chi connectivity index (χ1) is 7.86. The van der Waals surface area contributed by atoms with E-state index in [0.29, 0.717) is 6.54 Å². The van der Waals surface area contributed by atoms with Gasteiger partial charge >= 0.3 is 0 Å². The van der Waals surface area contributed by atoms with Crippen molar-refractivity contribution in [2.24, 2.45) is 5.92 Å². The summed E-state index contributed by atoms with van der Waals surface area (Å²) >= 11 is 0. The van der Waals surface area contributed by atoms with E-state index in [1.54, 1.807) is 4.57 Å². The molecule has 1 unspecified atom stereocenters. The minimum Gasteiger partial charge on any atom is -0.391 e. The third-order valence-corrected chi connectivity index (χ3v) is 3.81. The van der Waals surface area contributed by atoms with E-state index in [0.717, 1.165) is 0 Å². The Morgan fingerprint density at radius 2 is 2.18 bits per heavy atom. The van der Waals surface area contributed by atoms with Gasteiger partial charge in [0.2, 0.25) is 0 Å². The molecule has 98 valence electrons. The molecule has 0 saturated carbocycles. The summed E-state index contributed by atoms with van der Waals surface area (Å²) in [5.41, 5.74) is 0. The van der Waals surface area contributed by atoms with Gasteiger partial charge in [0.25, 0.3) is 10.0 Å². The largest absolute Gasteiger partial charge is 0.391 e. The SMILES string of the molecule is CCn1cnc(S(=O)(=O)NCC(O)C(C)C)c1. The molecule has 0 aromatic carbocycles. The molecule has 1 aromatic rings. The Morgan fingerprint density at radius 1 is 1.53 bits per heavy atom. The van der Waals surface area contributed by atoms with Crippen molar-refractivity contribution >= 4 is 10.0 Å². The first kappa shape index (κ1) is 14.1. The van der Waals surface area contributed by atoms with E-state index >= 15 is 0 Å². The maximum atomic E-state index is 11.8. The number of imidazole rings is 1. The summed E-state index contributed by atoms with van der Waals surface area (Å²) in [7, 11) is -3.62. The number of rotatable bonds is 6. The summed E-state index contributed by atoms with van der Waals surface area (Å²) in [5.74, 6) is 0.00546. The average molecular weight is 261 g/mol. The number of aromatic nitrogens is 2. The fourth-order valence-corrected chi connectivity index (χ4v) is 2.15. The number of nitrogens with zero attached hydrogens (tertiary/aromatic N) is 2. The highest BCUT2D eigenvalue weighted by Crippen LogP contribution is 2.06. The van der Waals surface area contributed by atoms with Crippen LogP contribution in [0.3, 0.4) is 0 Å². The van der Waals surface area contributed by atoms with Gasteiger partial charge in [-0.05, 0) is 12.8 Å². The van der Waals surface area contributed by atoms with Crippen molar-refractivity contribution in [3.63, 3.8) is 0 Å². The number of aryl methyl sites for hydroxylation is 1. The number of hydrogen-bond acceptors (Lipinski definition) is 4. The number of aliphatic hydroxyl groups excluding tert-OH is 1. The van der Waals surface area contributed by atoms with Gasteiger partial charge in [0.15, 0.2) is 5.03 Å². The van der Waals surface area contributed by atoms with Gasteiger partial charge in [-0.15, -0.1) is 0 Å². The van der Waals surface area contributed by atoms with Crippen molar-refractivity contribution in [2.75, 3.05) is 6.54 Å². The molecule has 0 aliphatic carbocycles. The first-order valence-electron chi connectivity index (χ1n) is 5.56. The van der Waals surface area contributed by atoms with Gasteiger partial charge in [0.1, 0.15) is 0 Å². The van der Waals surface area contributed by atoms with Crippen LogP contribution in [0, 0.1) is 5.92 Å². The molecule has 1 rings (SSSR count). The molecule has 0 aliphatic rings. The van der Waals surface area contributed by atoms with Gasteiger partial charge in [-0.3, -0.25) is 0 Å². The standard InChI is InChI=1S/C10H19N3O3S/c1-4-13-6-10(11-7-13)17(15,16)12-5-9(14)8(2)3/h6-9,12,14H,4-5H2,1-3H3. The minimum absolute atomic E-state index is 0.00101. The zero-order valence-corrected chi connectivity index (χ0v) is 11.1. The Labute approximate surface area is 102 Å². The van der Waals surface area contributed by atoms with Gasteiger partial charge in [-0.1, -0.05) is 13.8 Å². The molecule has 0 saturated heterocycles. The molecule has 0 amide bonds. The fraction of sp³-hybridized carbons (Fsp3) is 0.700. The lowest BCUT2D eigenvalue weighted by Gasteiger charge is -2.14. The van der Waals surface area contributed by atoms with Crippen LogP contribution in [0.5, 0.6) is 0 Å². The summed E-state index contributed by atoms with van der Waals surface area (Å²) in [6.07, 6.45) is 2.23. The topological polar surface area (TPSA) is 84.2 Å². The predicted octanol–water partition coefficient (Wildman–Crippen LogP) is 0.198. The van der Waals surface area contributed by atoms with E-state index in [2.05, 4.69) is 9.71 Å². The van der Waals surface area contributed by atoms with Gasteiger partial charge in [-0.25, -0.2) is 18.1 Å². The summed E-state index contributed by atoms with van der Waals surface area (Å²) in [6, 6.07) is 0. The molecule has 7 heteroatoms. The highest BCUT2D eigenvalue weighted by molar-refractivity contribution is 7.89. The summed E-state index contributed by atoms with van der Waals surface area (Å²) < 4.78 is 27.6. The Morgan fingerprint density at radius 3 is 2.65 bits per heavy atom. The Hall–Kier alpha value is -0.920. The Balaban J connectivity index is 2.69. The molecule has 0 radical (unpaired) electrons. The van der Waals surface area contributed by atoms with Crippen LogP contribution in [0.1, 0.15) is 20.8 Å². The highest BCUT2D eigenvalue weighted by atomic mass is 32.2. The third kappa shape index (κ3) is 3.79. The Kier molecular flexibility index (Phi) is 4.67. The molecular formula is C10H19N3O3S. The molecule has 6 nitrogen and oxygen atoms in total. The molecule has 1 heterocycles. The van der Waals surface area contributed by atoms with Crippen LogP contribution in [0.25, 0.3) is 0 Å². The van der Waals surface area contributed by atoms with Crippen LogP contribution < -0.4 is 4.72 Å². The van der Waals surface area contributed by atoms with Crippen LogP contribution in [0.2, 0.25) is 0 Å². The van der Waals surface area contributed by atoms with Crippen molar-refractivity contribution in [1.82, 2.24) is 14.3 Å². The molecule has 0 aliphatic heterocycles. The Bertz CT molecular complexity index is 453. The smallest absolute Gasteiger partial charge is 0.259 e. The fourth-order valence-electron chi connectivity index (χ4n) is 1.16. The van der Waals surface area contributed by atoms with Crippen LogP contribution in [0.4, 0.5) is 0 Å². The molecular weight excluding hydrogens is 242 g/mol. The maximum Gasteiger partial charge on any atom is 0.259 e. The minimum atomic E-state index is -3.62. The second-order valence-electron chi connectivity index (χ2n) is 4.21. The monoisotopic (exact) mass is 261 g/mol. The number of hydrogen-bond donors (Lipinski definition) is 2. The third-order valence-electron chi connectivity index (χ3n) is 2.50. The zero-order valence-electron chi connectivity index (χ0n) is 10.3. The van der Waals surface area contributed by atoms with Gasteiger partial charge < -0.3 is 9.67 Å². The van der Waals surface area contributed by atoms with Crippen LogP contribution in [0.15, 0.2) is 17.6 Å². The maximum absolute atomic E-state index is 11.8. The molecule has 1 atom stereocenters. The van der Waals surface area contributed by atoms with E-state index in [-0.39, 0.29) is 17.5 Å².